The summed E-state index contributed by atoms with van der Waals surface area (Å²) in [6.07, 6.45) is 1.95. The quantitative estimate of drug-likeness (QED) is 0.824. The number of aliphatic hydroxyl groups excluding tert-OH is 1. The molecular formula is C15H22N2O. The van der Waals surface area contributed by atoms with Gasteiger partial charge in [0.15, 0.2) is 0 Å². The molecule has 3 unspecified atom stereocenters. The Kier molecular flexibility index (Phi) is 3.64. The number of fused-ring (bicyclic) bond motifs is 1. The van der Waals surface area contributed by atoms with Crippen molar-refractivity contribution in [3.63, 3.8) is 0 Å². The molecule has 2 fully saturated rings. The van der Waals surface area contributed by atoms with Gasteiger partial charge in [-0.25, -0.2) is 0 Å². The van der Waals surface area contributed by atoms with Gasteiger partial charge in [0.25, 0.3) is 0 Å². The summed E-state index contributed by atoms with van der Waals surface area (Å²) >= 11 is 0. The molecule has 0 radical (unpaired) electrons. The summed E-state index contributed by atoms with van der Waals surface area (Å²) in [6.45, 7) is 4.16. The largest absolute Gasteiger partial charge is 0.393 e. The fourth-order valence-electron chi connectivity index (χ4n) is 3.33. The van der Waals surface area contributed by atoms with Crippen LogP contribution in [0.15, 0.2) is 30.3 Å². The average molecular weight is 246 g/mol. The molecule has 0 aliphatic carbocycles. The van der Waals surface area contributed by atoms with Gasteiger partial charge in [-0.2, -0.15) is 0 Å². The second kappa shape index (κ2) is 5.39. The lowest BCUT2D eigenvalue weighted by Gasteiger charge is -2.44. The Morgan fingerprint density at radius 1 is 1.22 bits per heavy atom. The normalized spacial score (nSPS) is 33.1. The number of nitrogens with one attached hydrogen (secondary N) is 1. The number of likely N-dealkylation sites (tertiary alicyclic amines) is 1. The van der Waals surface area contributed by atoms with Crippen molar-refractivity contribution < 1.29 is 5.11 Å². The van der Waals surface area contributed by atoms with Crippen LogP contribution >= 0.6 is 0 Å². The van der Waals surface area contributed by atoms with E-state index in [0.29, 0.717) is 12.0 Å². The summed E-state index contributed by atoms with van der Waals surface area (Å²) < 4.78 is 0. The van der Waals surface area contributed by atoms with Crippen molar-refractivity contribution in [2.75, 3.05) is 19.6 Å². The highest BCUT2D eigenvalue weighted by molar-refractivity contribution is 5.14. The molecule has 2 aliphatic heterocycles. The Morgan fingerprint density at radius 2 is 2.06 bits per heavy atom. The summed E-state index contributed by atoms with van der Waals surface area (Å²) in [4.78, 5) is 2.50. The first kappa shape index (κ1) is 12.2. The number of hydrogen-bond donors (Lipinski definition) is 2. The molecule has 0 spiro atoms. The first-order valence-electron chi connectivity index (χ1n) is 7.00. The van der Waals surface area contributed by atoms with Gasteiger partial charge in [-0.15, -0.1) is 0 Å². The number of benzene rings is 1. The summed E-state index contributed by atoms with van der Waals surface area (Å²) in [5.74, 6) is 0.464. The third-order valence-electron chi connectivity index (χ3n) is 4.34. The predicted octanol–water partition coefficient (Wildman–Crippen LogP) is 1.23. The van der Waals surface area contributed by atoms with Gasteiger partial charge in [0.1, 0.15) is 0 Å². The van der Waals surface area contributed by atoms with Gasteiger partial charge in [0, 0.05) is 25.0 Å². The monoisotopic (exact) mass is 246 g/mol. The molecule has 2 saturated heterocycles. The SMILES string of the molecule is OC1CCNC2CN(Cc3ccccc3)CCC12. The maximum absolute atomic E-state index is 10.0. The van der Waals surface area contributed by atoms with Crippen molar-refractivity contribution in [1.29, 1.82) is 0 Å². The van der Waals surface area contributed by atoms with Crippen molar-refractivity contribution in [1.82, 2.24) is 10.2 Å². The first-order valence-corrected chi connectivity index (χ1v) is 7.00. The van der Waals surface area contributed by atoms with Gasteiger partial charge in [0.2, 0.25) is 0 Å². The smallest absolute Gasteiger partial charge is 0.0596 e. The van der Waals surface area contributed by atoms with Gasteiger partial charge < -0.3 is 10.4 Å². The number of rotatable bonds is 2. The molecule has 2 aliphatic rings. The first-order chi connectivity index (χ1) is 8.83. The minimum absolute atomic E-state index is 0.0878. The summed E-state index contributed by atoms with van der Waals surface area (Å²) in [5.41, 5.74) is 1.38. The molecular weight excluding hydrogens is 224 g/mol. The molecule has 0 bridgehead atoms. The van der Waals surface area contributed by atoms with Gasteiger partial charge in [0.05, 0.1) is 6.10 Å². The Morgan fingerprint density at radius 3 is 2.89 bits per heavy atom. The van der Waals surface area contributed by atoms with E-state index in [1.165, 1.54) is 5.56 Å². The molecule has 3 atom stereocenters. The lowest BCUT2D eigenvalue weighted by molar-refractivity contribution is 0.00561. The Balaban J connectivity index is 1.60. The fourth-order valence-corrected chi connectivity index (χ4v) is 3.33. The Labute approximate surface area is 109 Å². The highest BCUT2D eigenvalue weighted by Gasteiger charge is 2.36. The van der Waals surface area contributed by atoms with E-state index in [4.69, 9.17) is 0 Å². The maximum atomic E-state index is 10.0. The molecule has 2 N–H and O–H groups in total. The number of hydrogen-bond acceptors (Lipinski definition) is 3. The molecule has 3 heteroatoms. The zero-order valence-electron chi connectivity index (χ0n) is 10.8. The van der Waals surface area contributed by atoms with Crippen LogP contribution in [-0.2, 0) is 6.54 Å². The maximum Gasteiger partial charge on any atom is 0.0596 e. The molecule has 18 heavy (non-hydrogen) atoms. The van der Waals surface area contributed by atoms with Crippen LogP contribution in [0.2, 0.25) is 0 Å². The molecule has 0 saturated carbocycles. The van der Waals surface area contributed by atoms with Gasteiger partial charge in [-0.3, -0.25) is 4.90 Å². The van der Waals surface area contributed by atoms with Crippen LogP contribution in [0.4, 0.5) is 0 Å². The highest BCUT2D eigenvalue weighted by Crippen LogP contribution is 2.26. The minimum Gasteiger partial charge on any atom is -0.393 e. The molecule has 3 nitrogen and oxygen atoms in total. The van der Waals surface area contributed by atoms with Crippen LogP contribution in [0.25, 0.3) is 0 Å². The standard InChI is InChI=1S/C15H22N2O/c18-15-6-8-16-14-11-17(9-7-13(14)15)10-12-4-2-1-3-5-12/h1-5,13-16,18H,6-11H2. The third kappa shape index (κ3) is 2.58. The summed E-state index contributed by atoms with van der Waals surface area (Å²) in [7, 11) is 0. The van der Waals surface area contributed by atoms with E-state index in [9.17, 15) is 5.11 Å². The zero-order chi connectivity index (χ0) is 12.4. The lowest BCUT2D eigenvalue weighted by Crippen LogP contribution is -2.57. The fraction of sp³-hybridized carbons (Fsp3) is 0.600. The molecule has 1 aromatic rings. The summed E-state index contributed by atoms with van der Waals surface area (Å²) in [6, 6.07) is 11.1. The molecule has 1 aromatic carbocycles. The van der Waals surface area contributed by atoms with E-state index < -0.39 is 0 Å². The van der Waals surface area contributed by atoms with Crippen molar-refractivity contribution in [2.24, 2.45) is 5.92 Å². The van der Waals surface area contributed by atoms with Crippen LogP contribution in [-0.4, -0.2) is 41.8 Å². The van der Waals surface area contributed by atoms with E-state index in [0.717, 1.165) is 39.0 Å². The number of piperidine rings is 2. The molecule has 2 heterocycles. The van der Waals surface area contributed by atoms with Crippen LogP contribution < -0.4 is 5.32 Å². The van der Waals surface area contributed by atoms with Crippen molar-refractivity contribution in [3.8, 4) is 0 Å². The molecule has 98 valence electrons. The predicted molar refractivity (Wildman–Crippen MR) is 72.2 cm³/mol. The average Bonchev–Trinajstić information content (AvgIpc) is 2.40. The molecule has 3 rings (SSSR count). The van der Waals surface area contributed by atoms with Gasteiger partial charge in [-0.05, 0) is 31.5 Å². The van der Waals surface area contributed by atoms with Crippen LogP contribution in [0.3, 0.4) is 0 Å². The highest BCUT2D eigenvalue weighted by atomic mass is 16.3. The third-order valence-corrected chi connectivity index (χ3v) is 4.34. The molecule has 0 amide bonds. The van der Waals surface area contributed by atoms with Crippen molar-refractivity contribution in [3.05, 3.63) is 35.9 Å². The minimum atomic E-state index is -0.0878. The van der Waals surface area contributed by atoms with E-state index in [2.05, 4.69) is 40.5 Å². The number of aliphatic hydroxyl groups is 1. The summed E-state index contributed by atoms with van der Waals surface area (Å²) in [5, 5.41) is 13.6. The topological polar surface area (TPSA) is 35.5 Å². The van der Waals surface area contributed by atoms with E-state index in [1.54, 1.807) is 0 Å². The zero-order valence-corrected chi connectivity index (χ0v) is 10.8. The van der Waals surface area contributed by atoms with Crippen LogP contribution in [0, 0.1) is 5.92 Å². The Hall–Kier alpha value is -0.900. The second-order valence-corrected chi connectivity index (χ2v) is 5.59. The van der Waals surface area contributed by atoms with E-state index >= 15 is 0 Å². The van der Waals surface area contributed by atoms with Gasteiger partial charge >= 0.3 is 0 Å². The Bertz CT molecular complexity index is 381. The van der Waals surface area contributed by atoms with Crippen molar-refractivity contribution in [2.45, 2.75) is 31.5 Å². The van der Waals surface area contributed by atoms with E-state index in [1.807, 2.05) is 0 Å². The molecule has 0 aromatic heterocycles. The van der Waals surface area contributed by atoms with Crippen LogP contribution in [0.1, 0.15) is 18.4 Å². The van der Waals surface area contributed by atoms with Gasteiger partial charge in [-0.1, -0.05) is 30.3 Å². The second-order valence-electron chi connectivity index (χ2n) is 5.59. The van der Waals surface area contributed by atoms with Crippen LogP contribution in [0.5, 0.6) is 0 Å². The lowest BCUT2D eigenvalue weighted by atomic mass is 9.82. The number of nitrogens with zero attached hydrogens (tertiary/aromatic N) is 1. The van der Waals surface area contributed by atoms with Crippen molar-refractivity contribution >= 4 is 0 Å². The van der Waals surface area contributed by atoms with E-state index in [-0.39, 0.29) is 6.10 Å².